The molecule has 27 heavy (non-hydrogen) atoms. The Kier molecular flexibility index (Phi) is 8.51. The fraction of sp³-hybridized carbons (Fsp3) is 0.650. The molecule has 1 aliphatic rings. The number of amides is 1. The summed E-state index contributed by atoms with van der Waals surface area (Å²) in [5.74, 6) is 1.04. The molecule has 2 rings (SSSR count). The zero-order valence-electron chi connectivity index (χ0n) is 17.2. The lowest BCUT2D eigenvalue weighted by Crippen LogP contribution is -2.50. The molecule has 7 nitrogen and oxygen atoms in total. The highest BCUT2D eigenvalue weighted by atomic mass is 16.2. The lowest BCUT2D eigenvalue weighted by molar-refractivity contribution is -0.130. The third kappa shape index (κ3) is 7.54. The van der Waals surface area contributed by atoms with Crippen LogP contribution in [0, 0.1) is 6.92 Å². The fourth-order valence-electron chi connectivity index (χ4n) is 3.02. The van der Waals surface area contributed by atoms with E-state index in [1.54, 1.807) is 4.90 Å². The molecular weight excluding hydrogens is 340 g/mol. The van der Waals surface area contributed by atoms with Gasteiger partial charge in [-0.1, -0.05) is 6.07 Å². The van der Waals surface area contributed by atoms with Gasteiger partial charge in [0.25, 0.3) is 0 Å². The highest BCUT2D eigenvalue weighted by Crippen LogP contribution is 2.10. The molecule has 0 unspecified atom stereocenters. The summed E-state index contributed by atoms with van der Waals surface area (Å²) in [5.41, 5.74) is 2.25. The molecule has 1 aromatic heterocycles. The largest absolute Gasteiger partial charge is 0.357 e. The molecule has 2 heterocycles. The molecular formula is C20H34N6O. The molecule has 0 aromatic carbocycles. The number of guanidine groups is 1. The number of hydrogen-bond donors (Lipinski definition) is 2. The molecule has 1 aromatic rings. The second-order valence-corrected chi connectivity index (χ2v) is 7.30. The van der Waals surface area contributed by atoms with Crippen LogP contribution in [0.5, 0.6) is 0 Å². The molecule has 0 saturated carbocycles. The number of aryl methyl sites for hydroxylation is 1. The first-order valence-electron chi connectivity index (χ1n) is 9.86. The van der Waals surface area contributed by atoms with E-state index in [2.05, 4.69) is 33.5 Å². The Morgan fingerprint density at radius 1 is 1.33 bits per heavy atom. The van der Waals surface area contributed by atoms with Crippen molar-refractivity contribution in [2.45, 2.75) is 39.2 Å². The first-order valence-corrected chi connectivity index (χ1v) is 9.86. The molecule has 7 heteroatoms. The van der Waals surface area contributed by atoms with Gasteiger partial charge in [0.1, 0.15) is 0 Å². The number of nitrogens with zero attached hydrogens (tertiary/aromatic N) is 4. The average Bonchev–Trinajstić information content (AvgIpc) is 2.65. The van der Waals surface area contributed by atoms with Crippen molar-refractivity contribution in [3.8, 4) is 0 Å². The van der Waals surface area contributed by atoms with Crippen LogP contribution in [0.4, 0.5) is 0 Å². The summed E-state index contributed by atoms with van der Waals surface area (Å²) in [6.07, 6.45) is 4.85. The van der Waals surface area contributed by atoms with Crippen LogP contribution in [-0.2, 0) is 11.2 Å². The summed E-state index contributed by atoms with van der Waals surface area (Å²) in [6.45, 7) is 8.04. The fourth-order valence-corrected chi connectivity index (χ4v) is 3.02. The van der Waals surface area contributed by atoms with E-state index in [0.717, 1.165) is 57.1 Å². The number of rotatable bonds is 7. The van der Waals surface area contributed by atoms with Gasteiger partial charge in [-0.05, 0) is 44.7 Å². The number of pyridine rings is 1. The zero-order chi connectivity index (χ0) is 19.6. The van der Waals surface area contributed by atoms with E-state index in [9.17, 15) is 4.79 Å². The number of aromatic nitrogens is 1. The minimum Gasteiger partial charge on any atom is -0.357 e. The van der Waals surface area contributed by atoms with Crippen molar-refractivity contribution >= 4 is 11.9 Å². The number of nitrogens with one attached hydrogen (secondary N) is 2. The van der Waals surface area contributed by atoms with Crippen molar-refractivity contribution < 1.29 is 4.79 Å². The van der Waals surface area contributed by atoms with Crippen molar-refractivity contribution in [1.82, 2.24) is 25.4 Å². The van der Waals surface area contributed by atoms with Gasteiger partial charge in [0.05, 0.1) is 6.54 Å². The maximum atomic E-state index is 11.8. The van der Waals surface area contributed by atoms with Gasteiger partial charge in [0.2, 0.25) is 5.91 Å². The van der Waals surface area contributed by atoms with Crippen LogP contribution in [0.15, 0.2) is 23.3 Å². The Hall–Kier alpha value is -2.15. The summed E-state index contributed by atoms with van der Waals surface area (Å²) < 4.78 is 0. The topological polar surface area (TPSA) is 72.9 Å². The Bertz CT molecular complexity index is 605. The molecule has 0 atom stereocenters. The van der Waals surface area contributed by atoms with E-state index < -0.39 is 0 Å². The summed E-state index contributed by atoms with van der Waals surface area (Å²) in [6, 6.07) is 4.55. The smallest absolute Gasteiger partial charge is 0.236 e. The van der Waals surface area contributed by atoms with Crippen molar-refractivity contribution in [2.75, 3.05) is 46.8 Å². The maximum Gasteiger partial charge on any atom is 0.236 e. The van der Waals surface area contributed by atoms with Crippen molar-refractivity contribution in [1.29, 1.82) is 0 Å². The predicted octanol–water partition coefficient (Wildman–Crippen LogP) is 1.04. The molecule has 1 fully saturated rings. The minimum absolute atomic E-state index is 0.168. The van der Waals surface area contributed by atoms with Gasteiger partial charge in [-0.3, -0.25) is 19.7 Å². The number of aliphatic imine (C=N–C) groups is 1. The molecule has 1 saturated heterocycles. The molecule has 2 N–H and O–H groups in total. The van der Waals surface area contributed by atoms with Gasteiger partial charge < -0.3 is 15.5 Å². The minimum atomic E-state index is 0.168. The summed E-state index contributed by atoms with van der Waals surface area (Å²) in [5, 5.41) is 6.88. The SMILES string of the molecule is CCNC(=NCCc1ccc(C)nc1)NC1CCN(CC(=O)N(C)C)CC1. The van der Waals surface area contributed by atoms with E-state index in [0.29, 0.717) is 12.6 Å². The predicted molar refractivity (Wildman–Crippen MR) is 110 cm³/mol. The van der Waals surface area contributed by atoms with Gasteiger partial charge >= 0.3 is 0 Å². The van der Waals surface area contributed by atoms with Gasteiger partial charge in [0, 0.05) is 58.2 Å². The van der Waals surface area contributed by atoms with Gasteiger partial charge in [0.15, 0.2) is 5.96 Å². The second kappa shape index (κ2) is 10.9. The standard InChI is InChI=1S/C20H34N6O/c1-5-21-20(22-11-8-17-7-6-16(2)23-14-17)24-18-9-12-26(13-10-18)15-19(27)25(3)4/h6-7,14,18H,5,8-13,15H2,1-4H3,(H2,21,22,24). The van der Waals surface area contributed by atoms with Gasteiger partial charge in [-0.2, -0.15) is 0 Å². The average molecular weight is 375 g/mol. The first kappa shape index (κ1) is 21.2. The van der Waals surface area contributed by atoms with Crippen LogP contribution < -0.4 is 10.6 Å². The maximum absolute atomic E-state index is 11.8. The number of carbonyl (C=O) groups is 1. The zero-order valence-corrected chi connectivity index (χ0v) is 17.2. The molecule has 150 valence electrons. The molecule has 1 amide bonds. The van der Waals surface area contributed by atoms with Crippen LogP contribution in [0.1, 0.15) is 31.0 Å². The van der Waals surface area contributed by atoms with E-state index in [1.807, 2.05) is 33.3 Å². The molecule has 0 radical (unpaired) electrons. The number of carbonyl (C=O) groups excluding carboxylic acids is 1. The highest BCUT2D eigenvalue weighted by Gasteiger charge is 2.21. The second-order valence-electron chi connectivity index (χ2n) is 7.30. The number of piperidine rings is 1. The van der Waals surface area contributed by atoms with Gasteiger partial charge in [-0.25, -0.2) is 0 Å². The lowest BCUT2D eigenvalue weighted by Gasteiger charge is -2.33. The summed E-state index contributed by atoms with van der Waals surface area (Å²) in [7, 11) is 3.62. The van der Waals surface area contributed by atoms with Gasteiger partial charge in [-0.15, -0.1) is 0 Å². The normalized spacial score (nSPS) is 16.2. The van der Waals surface area contributed by atoms with Crippen LogP contribution in [0.3, 0.4) is 0 Å². The lowest BCUT2D eigenvalue weighted by atomic mass is 10.1. The Morgan fingerprint density at radius 2 is 2.07 bits per heavy atom. The molecule has 0 bridgehead atoms. The van der Waals surface area contributed by atoms with E-state index >= 15 is 0 Å². The van der Waals surface area contributed by atoms with E-state index in [-0.39, 0.29) is 5.91 Å². The number of hydrogen-bond acceptors (Lipinski definition) is 4. The molecule has 0 aliphatic carbocycles. The van der Waals surface area contributed by atoms with Crippen molar-refractivity contribution in [3.05, 3.63) is 29.6 Å². The summed E-state index contributed by atoms with van der Waals surface area (Å²) in [4.78, 5) is 24.8. The van der Waals surface area contributed by atoms with Crippen LogP contribution in [-0.4, -0.2) is 79.5 Å². The van der Waals surface area contributed by atoms with E-state index in [1.165, 1.54) is 5.56 Å². The third-order valence-corrected chi connectivity index (χ3v) is 4.77. The summed E-state index contributed by atoms with van der Waals surface area (Å²) >= 11 is 0. The van der Waals surface area contributed by atoms with Crippen molar-refractivity contribution in [3.63, 3.8) is 0 Å². The number of likely N-dealkylation sites (N-methyl/N-ethyl adjacent to an activating group) is 1. The van der Waals surface area contributed by atoms with Crippen LogP contribution in [0.2, 0.25) is 0 Å². The Labute approximate surface area is 163 Å². The Balaban J connectivity index is 1.78. The van der Waals surface area contributed by atoms with Crippen LogP contribution in [0.25, 0.3) is 0 Å². The first-order chi connectivity index (χ1) is 13.0. The molecule has 0 spiro atoms. The number of likely N-dealkylation sites (tertiary alicyclic amines) is 1. The van der Waals surface area contributed by atoms with Crippen LogP contribution >= 0.6 is 0 Å². The monoisotopic (exact) mass is 374 g/mol. The molecule has 1 aliphatic heterocycles. The van der Waals surface area contributed by atoms with Crippen molar-refractivity contribution in [2.24, 2.45) is 4.99 Å². The third-order valence-electron chi connectivity index (χ3n) is 4.77. The Morgan fingerprint density at radius 3 is 2.67 bits per heavy atom. The van der Waals surface area contributed by atoms with E-state index in [4.69, 9.17) is 4.99 Å². The quantitative estimate of drug-likeness (QED) is 0.551. The highest BCUT2D eigenvalue weighted by molar-refractivity contribution is 5.80.